The molecular formula is C14H20N4. The summed E-state index contributed by atoms with van der Waals surface area (Å²) in [5.74, 6) is 2.17. The molecule has 0 atom stereocenters. The lowest BCUT2D eigenvalue weighted by Gasteiger charge is -2.06. The number of nitrogens with zero attached hydrogens (tertiary/aromatic N) is 2. The first-order valence-corrected chi connectivity index (χ1v) is 6.34. The van der Waals surface area contributed by atoms with Crippen molar-refractivity contribution in [3.05, 3.63) is 41.2 Å². The molecule has 2 rings (SSSR count). The third-order valence-corrected chi connectivity index (χ3v) is 2.71. The van der Waals surface area contributed by atoms with Gasteiger partial charge in [-0.3, -0.25) is 5.10 Å². The Kier molecular flexibility index (Phi) is 3.97. The molecule has 1 aromatic heterocycles. The van der Waals surface area contributed by atoms with Crippen LogP contribution in [-0.4, -0.2) is 15.2 Å². The lowest BCUT2D eigenvalue weighted by molar-refractivity contribution is 0.647. The van der Waals surface area contributed by atoms with Crippen molar-refractivity contribution in [2.45, 2.75) is 33.7 Å². The van der Waals surface area contributed by atoms with Crippen molar-refractivity contribution in [3.8, 4) is 0 Å². The van der Waals surface area contributed by atoms with Crippen molar-refractivity contribution in [3.63, 3.8) is 0 Å². The summed E-state index contributed by atoms with van der Waals surface area (Å²) in [5.41, 5.74) is 2.63. The van der Waals surface area contributed by atoms with E-state index in [1.807, 2.05) is 6.92 Å². The Morgan fingerprint density at radius 3 is 2.39 bits per heavy atom. The van der Waals surface area contributed by atoms with Crippen LogP contribution in [0.4, 0.5) is 5.95 Å². The fourth-order valence-electron chi connectivity index (χ4n) is 1.87. The summed E-state index contributed by atoms with van der Waals surface area (Å²) < 4.78 is 0. The molecular weight excluding hydrogens is 224 g/mol. The van der Waals surface area contributed by atoms with E-state index in [1.165, 1.54) is 11.1 Å². The normalized spacial score (nSPS) is 10.9. The SMILES string of the molecule is Cc1nc(NCc2ccc(CC(C)C)cc2)n[nH]1. The van der Waals surface area contributed by atoms with Gasteiger partial charge in [-0.1, -0.05) is 38.1 Å². The van der Waals surface area contributed by atoms with Gasteiger partial charge in [-0.15, -0.1) is 5.10 Å². The van der Waals surface area contributed by atoms with E-state index in [4.69, 9.17) is 0 Å². The Labute approximate surface area is 108 Å². The molecule has 0 fully saturated rings. The van der Waals surface area contributed by atoms with E-state index in [2.05, 4.69) is 58.6 Å². The molecule has 0 saturated heterocycles. The van der Waals surface area contributed by atoms with Crippen molar-refractivity contribution >= 4 is 5.95 Å². The highest BCUT2D eigenvalue weighted by Crippen LogP contribution is 2.10. The summed E-state index contributed by atoms with van der Waals surface area (Å²) >= 11 is 0. The van der Waals surface area contributed by atoms with Crippen LogP contribution in [0.25, 0.3) is 0 Å². The smallest absolute Gasteiger partial charge is 0.242 e. The summed E-state index contributed by atoms with van der Waals surface area (Å²) in [6.07, 6.45) is 1.13. The molecule has 0 bridgehead atoms. The van der Waals surface area contributed by atoms with E-state index >= 15 is 0 Å². The van der Waals surface area contributed by atoms with Gasteiger partial charge < -0.3 is 5.32 Å². The monoisotopic (exact) mass is 244 g/mol. The lowest BCUT2D eigenvalue weighted by Crippen LogP contribution is -2.01. The van der Waals surface area contributed by atoms with Crippen LogP contribution in [0, 0.1) is 12.8 Å². The first-order valence-electron chi connectivity index (χ1n) is 6.34. The second kappa shape index (κ2) is 5.67. The molecule has 2 N–H and O–H groups in total. The third-order valence-electron chi connectivity index (χ3n) is 2.71. The van der Waals surface area contributed by atoms with Crippen LogP contribution in [0.2, 0.25) is 0 Å². The predicted octanol–water partition coefficient (Wildman–Crippen LogP) is 2.92. The van der Waals surface area contributed by atoms with Crippen LogP contribution in [-0.2, 0) is 13.0 Å². The standard InChI is InChI=1S/C14H20N4/c1-10(2)8-12-4-6-13(7-5-12)9-15-14-16-11(3)17-18-14/h4-7,10H,8-9H2,1-3H3,(H2,15,16,17,18). The summed E-state index contributed by atoms with van der Waals surface area (Å²) in [6.45, 7) is 7.11. The van der Waals surface area contributed by atoms with Gasteiger partial charge in [0.25, 0.3) is 0 Å². The van der Waals surface area contributed by atoms with Crippen LogP contribution < -0.4 is 5.32 Å². The zero-order valence-electron chi connectivity index (χ0n) is 11.2. The first kappa shape index (κ1) is 12.6. The molecule has 0 aliphatic heterocycles. The van der Waals surface area contributed by atoms with Crippen LogP contribution in [0.15, 0.2) is 24.3 Å². The maximum atomic E-state index is 4.20. The van der Waals surface area contributed by atoms with Gasteiger partial charge in [-0.25, -0.2) is 0 Å². The number of benzene rings is 1. The van der Waals surface area contributed by atoms with Crippen LogP contribution in [0.5, 0.6) is 0 Å². The number of aromatic nitrogens is 3. The molecule has 1 aromatic carbocycles. The third kappa shape index (κ3) is 3.58. The zero-order valence-corrected chi connectivity index (χ0v) is 11.2. The number of rotatable bonds is 5. The largest absolute Gasteiger partial charge is 0.349 e. The van der Waals surface area contributed by atoms with E-state index in [9.17, 15) is 0 Å². The predicted molar refractivity (Wildman–Crippen MR) is 73.4 cm³/mol. The summed E-state index contributed by atoms with van der Waals surface area (Å²) in [6, 6.07) is 8.70. The second-order valence-corrected chi connectivity index (χ2v) is 5.01. The number of hydrogen-bond acceptors (Lipinski definition) is 3. The van der Waals surface area contributed by atoms with Gasteiger partial charge in [0, 0.05) is 6.54 Å². The van der Waals surface area contributed by atoms with Crippen LogP contribution in [0.1, 0.15) is 30.8 Å². The highest BCUT2D eigenvalue weighted by molar-refractivity contribution is 5.28. The van der Waals surface area contributed by atoms with Gasteiger partial charge in [0.1, 0.15) is 5.82 Å². The fourth-order valence-corrected chi connectivity index (χ4v) is 1.87. The van der Waals surface area contributed by atoms with Crippen molar-refractivity contribution in [1.82, 2.24) is 15.2 Å². The minimum absolute atomic E-state index is 0.652. The molecule has 18 heavy (non-hydrogen) atoms. The Hall–Kier alpha value is -1.84. The Bertz CT molecular complexity index is 485. The second-order valence-electron chi connectivity index (χ2n) is 5.01. The van der Waals surface area contributed by atoms with E-state index in [-0.39, 0.29) is 0 Å². The summed E-state index contributed by atoms with van der Waals surface area (Å²) in [7, 11) is 0. The quantitative estimate of drug-likeness (QED) is 0.850. The zero-order chi connectivity index (χ0) is 13.0. The van der Waals surface area contributed by atoms with Gasteiger partial charge in [0.05, 0.1) is 0 Å². The maximum absolute atomic E-state index is 4.20. The number of anilines is 1. The van der Waals surface area contributed by atoms with Crippen molar-refractivity contribution in [1.29, 1.82) is 0 Å². The van der Waals surface area contributed by atoms with Crippen molar-refractivity contribution in [2.24, 2.45) is 5.92 Å². The molecule has 96 valence electrons. The molecule has 4 nitrogen and oxygen atoms in total. The Balaban J connectivity index is 1.90. The summed E-state index contributed by atoms with van der Waals surface area (Å²) in [5, 5.41) is 10.0. The van der Waals surface area contributed by atoms with E-state index in [0.29, 0.717) is 11.9 Å². The van der Waals surface area contributed by atoms with E-state index in [1.54, 1.807) is 0 Å². The van der Waals surface area contributed by atoms with Crippen LogP contribution >= 0.6 is 0 Å². The molecule has 0 aliphatic carbocycles. The maximum Gasteiger partial charge on any atom is 0.242 e. The molecule has 0 saturated carbocycles. The summed E-state index contributed by atoms with van der Waals surface area (Å²) in [4.78, 5) is 4.20. The number of nitrogens with one attached hydrogen (secondary N) is 2. The van der Waals surface area contributed by atoms with Gasteiger partial charge in [-0.2, -0.15) is 4.98 Å². The molecule has 1 heterocycles. The van der Waals surface area contributed by atoms with E-state index < -0.39 is 0 Å². The molecule has 0 unspecified atom stereocenters. The molecule has 4 heteroatoms. The Morgan fingerprint density at radius 1 is 1.17 bits per heavy atom. The minimum Gasteiger partial charge on any atom is -0.349 e. The van der Waals surface area contributed by atoms with Crippen molar-refractivity contribution < 1.29 is 0 Å². The first-order chi connectivity index (χ1) is 8.63. The number of aromatic amines is 1. The lowest BCUT2D eigenvalue weighted by atomic mass is 10.0. The number of H-pyrrole nitrogens is 1. The van der Waals surface area contributed by atoms with Gasteiger partial charge in [-0.05, 0) is 30.4 Å². The Morgan fingerprint density at radius 2 is 1.83 bits per heavy atom. The van der Waals surface area contributed by atoms with Gasteiger partial charge in [0.2, 0.25) is 5.95 Å². The molecule has 0 spiro atoms. The van der Waals surface area contributed by atoms with E-state index in [0.717, 1.165) is 18.8 Å². The molecule has 2 aromatic rings. The molecule has 0 radical (unpaired) electrons. The highest BCUT2D eigenvalue weighted by Gasteiger charge is 2.00. The van der Waals surface area contributed by atoms with Gasteiger partial charge in [0.15, 0.2) is 0 Å². The topological polar surface area (TPSA) is 53.6 Å². The average Bonchev–Trinajstić information content (AvgIpc) is 2.74. The fraction of sp³-hybridized carbons (Fsp3) is 0.429. The number of hydrogen-bond donors (Lipinski definition) is 2. The van der Waals surface area contributed by atoms with Crippen LogP contribution in [0.3, 0.4) is 0 Å². The minimum atomic E-state index is 0.652. The van der Waals surface area contributed by atoms with Crippen molar-refractivity contribution in [2.75, 3.05) is 5.32 Å². The highest BCUT2D eigenvalue weighted by atomic mass is 15.3. The average molecular weight is 244 g/mol. The molecule has 0 amide bonds. The van der Waals surface area contributed by atoms with Gasteiger partial charge >= 0.3 is 0 Å². The number of aryl methyl sites for hydroxylation is 1. The molecule has 0 aliphatic rings.